The molecule has 1 atom stereocenters. The second-order valence-electron chi connectivity index (χ2n) is 8.23. The molecular formula is C30H40N6O. The largest absolute Gasteiger partial charge is 0.470 e. The van der Waals surface area contributed by atoms with Crippen LogP contribution >= 0.6 is 0 Å². The minimum absolute atomic E-state index is 0.0326. The molecule has 1 unspecified atom stereocenters. The molecule has 1 aromatic carbocycles. The van der Waals surface area contributed by atoms with E-state index in [0.717, 1.165) is 49.3 Å². The fourth-order valence-corrected chi connectivity index (χ4v) is 3.51. The van der Waals surface area contributed by atoms with Gasteiger partial charge in [0.1, 0.15) is 6.10 Å². The molecule has 0 spiro atoms. The number of pyridine rings is 1. The first kappa shape index (κ1) is 29.3. The summed E-state index contributed by atoms with van der Waals surface area (Å²) in [6.07, 6.45) is 15.9. The maximum absolute atomic E-state index is 8.84. The first-order valence-corrected chi connectivity index (χ1v) is 13.0. The van der Waals surface area contributed by atoms with Gasteiger partial charge in [0.2, 0.25) is 5.88 Å². The Labute approximate surface area is 221 Å². The van der Waals surface area contributed by atoms with Gasteiger partial charge in [0.15, 0.2) is 0 Å². The number of anilines is 1. The molecular weight excluding hydrogens is 460 g/mol. The Hall–Kier alpha value is -3.89. The Morgan fingerprint density at radius 1 is 1.19 bits per heavy atom. The molecule has 0 saturated carbocycles. The molecule has 2 N–H and O–H groups in total. The summed E-state index contributed by atoms with van der Waals surface area (Å²) in [5.41, 5.74) is 4.86. The molecule has 0 fully saturated rings. The van der Waals surface area contributed by atoms with Gasteiger partial charge in [-0.25, -0.2) is 4.98 Å². The maximum atomic E-state index is 8.84. The third-order valence-electron chi connectivity index (χ3n) is 5.41. The zero-order valence-corrected chi connectivity index (χ0v) is 22.7. The lowest BCUT2D eigenvalue weighted by atomic mass is 10.1. The minimum Gasteiger partial charge on any atom is -0.470 e. The quantitative estimate of drug-likeness (QED) is 0.295. The number of hydrogen-bond acceptors (Lipinski definition) is 6. The van der Waals surface area contributed by atoms with Crippen LogP contribution in [0.3, 0.4) is 0 Å². The van der Waals surface area contributed by atoms with Crippen LogP contribution in [0.4, 0.5) is 5.69 Å². The van der Waals surface area contributed by atoms with E-state index in [1.807, 2.05) is 88.9 Å². The van der Waals surface area contributed by atoms with Gasteiger partial charge in [0.25, 0.3) is 0 Å². The summed E-state index contributed by atoms with van der Waals surface area (Å²) in [4.78, 5) is 4.47. The van der Waals surface area contributed by atoms with Crippen molar-refractivity contribution in [2.24, 2.45) is 7.05 Å². The van der Waals surface area contributed by atoms with E-state index in [9.17, 15) is 0 Å². The van der Waals surface area contributed by atoms with Gasteiger partial charge in [0.05, 0.1) is 30.1 Å². The highest BCUT2D eigenvalue weighted by Crippen LogP contribution is 2.30. The highest BCUT2D eigenvalue weighted by Gasteiger charge is 2.20. The Balaban J connectivity index is 0.000000465. The number of fused-ring (bicyclic) bond motifs is 1. The normalized spacial score (nSPS) is 13.9. The molecule has 3 aromatic rings. The van der Waals surface area contributed by atoms with Gasteiger partial charge in [-0.05, 0) is 50.1 Å². The third-order valence-corrected chi connectivity index (χ3v) is 5.41. The molecule has 0 aliphatic carbocycles. The van der Waals surface area contributed by atoms with E-state index in [4.69, 9.17) is 10.00 Å². The van der Waals surface area contributed by atoms with E-state index in [2.05, 4.69) is 45.9 Å². The van der Waals surface area contributed by atoms with Crippen molar-refractivity contribution in [3.8, 4) is 23.1 Å². The van der Waals surface area contributed by atoms with E-state index >= 15 is 0 Å². The summed E-state index contributed by atoms with van der Waals surface area (Å²) in [7, 11) is 1.90. The first-order valence-electron chi connectivity index (χ1n) is 13.0. The van der Waals surface area contributed by atoms with Gasteiger partial charge >= 0.3 is 0 Å². The van der Waals surface area contributed by atoms with Crippen LogP contribution in [0.25, 0.3) is 11.1 Å². The lowest BCUT2D eigenvalue weighted by molar-refractivity contribution is 0.194. The lowest BCUT2D eigenvalue weighted by Gasteiger charge is -2.27. The lowest BCUT2D eigenvalue weighted by Crippen LogP contribution is -2.40. The van der Waals surface area contributed by atoms with Crippen molar-refractivity contribution >= 4 is 5.69 Å². The molecule has 3 heterocycles. The summed E-state index contributed by atoms with van der Waals surface area (Å²) in [5, 5.41) is 19.9. The van der Waals surface area contributed by atoms with Crippen LogP contribution in [0.15, 0.2) is 73.2 Å². The molecule has 0 bridgehead atoms. The van der Waals surface area contributed by atoms with Crippen molar-refractivity contribution in [2.75, 3.05) is 25.0 Å². The predicted molar refractivity (Wildman–Crippen MR) is 153 cm³/mol. The monoisotopic (exact) mass is 500 g/mol. The zero-order chi connectivity index (χ0) is 26.9. The number of nitrogens with zero attached hydrogens (tertiary/aromatic N) is 4. The van der Waals surface area contributed by atoms with Crippen LogP contribution in [0.2, 0.25) is 0 Å². The van der Waals surface area contributed by atoms with Gasteiger partial charge < -0.3 is 15.4 Å². The number of allylic oxidation sites excluding steroid dienone is 4. The summed E-state index contributed by atoms with van der Waals surface area (Å²) >= 11 is 0. The van der Waals surface area contributed by atoms with Crippen LogP contribution < -0.4 is 15.4 Å². The van der Waals surface area contributed by atoms with Crippen LogP contribution in [0.5, 0.6) is 5.88 Å². The van der Waals surface area contributed by atoms with Gasteiger partial charge in [-0.2, -0.15) is 10.4 Å². The first-order chi connectivity index (χ1) is 18.1. The molecule has 1 aliphatic rings. The molecule has 0 saturated heterocycles. The number of nitrogens with one attached hydrogen (secondary N) is 2. The van der Waals surface area contributed by atoms with Gasteiger partial charge in [0, 0.05) is 37.1 Å². The molecule has 4 rings (SSSR count). The summed E-state index contributed by atoms with van der Waals surface area (Å²) in [6.45, 7) is 10.5. The second kappa shape index (κ2) is 16.7. The molecule has 37 heavy (non-hydrogen) atoms. The molecule has 0 amide bonds. The average molecular weight is 501 g/mol. The Morgan fingerprint density at radius 3 is 2.62 bits per heavy atom. The predicted octanol–water partition coefficient (Wildman–Crippen LogP) is 5.91. The zero-order valence-electron chi connectivity index (χ0n) is 22.7. The average Bonchev–Trinajstić information content (AvgIpc) is 3.39. The van der Waals surface area contributed by atoms with Crippen molar-refractivity contribution in [3.05, 3.63) is 84.4 Å². The van der Waals surface area contributed by atoms with Gasteiger partial charge in [-0.1, -0.05) is 57.2 Å². The number of ether oxygens (including phenoxy) is 1. The topological polar surface area (TPSA) is 87.8 Å². The number of hydrogen-bond donors (Lipinski definition) is 2. The molecule has 0 radical (unpaired) electrons. The number of nitriles is 1. The van der Waals surface area contributed by atoms with Gasteiger partial charge in [-0.3, -0.25) is 4.68 Å². The van der Waals surface area contributed by atoms with Crippen LogP contribution in [-0.4, -0.2) is 40.5 Å². The summed E-state index contributed by atoms with van der Waals surface area (Å²) in [5.74, 6) is 0.637. The molecule has 2 aromatic heterocycles. The van der Waals surface area contributed by atoms with E-state index < -0.39 is 0 Å². The molecule has 7 nitrogen and oxygen atoms in total. The summed E-state index contributed by atoms with van der Waals surface area (Å²) in [6, 6.07) is 11.9. The Morgan fingerprint density at radius 2 is 1.97 bits per heavy atom. The van der Waals surface area contributed by atoms with Crippen LogP contribution in [-0.2, 0) is 13.5 Å². The van der Waals surface area contributed by atoms with Crippen molar-refractivity contribution in [1.82, 2.24) is 20.1 Å². The van der Waals surface area contributed by atoms with Crippen molar-refractivity contribution in [3.63, 3.8) is 0 Å². The second-order valence-corrected chi connectivity index (χ2v) is 8.23. The fraction of sp³-hybridized carbons (Fsp3) is 0.367. The SMILES string of the molecule is C/C=C\C=C/CC.CC.Cn1cc(-c2cnc3c(c2)NCC(CNCCc2ccc(C#N)cc2)O3)cn1. The smallest absolute Gasteiger partial charge is 0.237 e. The number of aryl methyl sites for hydroxylation is 1. The van der Waals surface area contributed by atoms with Crippen molar-refractivity contribution in [1.29, 1.82) is 5.26 Å². The number of aromatic nitrogens is 3. The van der Waals surface area contributed by atoms with E-state index in [-0.39, 0.29) is 6.10 Å². The van der Waals surface area contributed by atoms with Gasteiger partial charge in [-0.15, -0.1) is 0 Å². The number of benzene rings is 1. The Kier molecular flexibility index (Phi) is 13.3. The fourth-order valence-electron chi connectivity index (χ4n) is 3.51. The van der Waals surface area contributed by atoms with Crippen LogP contribution in [0.1, 0.15) is 45.2 Å². The highest BCUT2D eigenvalue weighted by molar-refractivity contribution is 5.69. The highest BCUT2D eigenvalue weighted by atomic mass is 16.5. The standard InChI is InChI=1S/C21H22N6O.C7H12.C2H6/c1-27-14-18(11-26-27)17-8-20-21(25-10-17)28-19(13-24-20)12-23-7-6-15-2-4-16(9-22)5-3-15;1-3-5-7-6-4-2;1-2/h2-5,8,10-11,14,19,23-24H,6-7,12-13H2,1H3;3,5-7H,4H2,1-2H3;1-2H3/b;5-3-,7-6-;. The Bertz CT molecular complexity index is 1160. The molecule has 1 aliphatic heterocycles. The van der Waals surface area contributed by atoms with E-state index in [0.29, 0.717) is 11.4 Å². The number of rotatable bonds is 8. The van der Waals surface area contributed by atoms with Crippen LogP contribution in [0, 0.1) is 11.3 Å². The van der Waals surface area contributed by atoms with Crippen molar-refractivity contribution in [2.45, 2.75) is 46.6 Å². The van der Waals surface area contributed by atoms with E-state index in [1.165, 1.54) is 5.56 Å². The summed E-state index contributed by atoms with van der Waals surface area (Å²) < 4.78 is 7.79. The van der Waals surface area contributed by atoms with E-state index in [1.54, 1.807) is 4.68 Å². The third kappa shape index (κ3) is 9.94. The van der Waals surface area contributed by atoms with Crippen molar-refractivity contribution < 1.29 is 4.74 Å². The molecule has 196 valence electrons. The minimum atomic E-state index is 0.0326. The maximum Gasteiger partial charge on any atom is 0.237 e. The molecule has 7 heteroatoms.